The maximum absolute atomic E-state index is 5.61. The summed E-state index contributed by atoms with van der Waals surface area (Å²) in [7, 11) is 0. The van der Waals surface area contributed by atoms with Crippen molar-refractivity contribution in [2.24, 2.45) is 5.73 Å². The van der Waals surface area contributed by atoms with Gasteiger partial charge in [0.2, 0.25) is 0 Å². The van der Waals surface area contributed by atoms with E-state index in [1.807, 2.05) is 19.1 Å². The number of nitrogens with one attached hydrogen (secondary N) is 1. The van der Waals surface area contributed by atoms with Crippen molar-refractivity contribution in [3.05, 3.63) is 48.2 Å². The average Bonchev–Trinajstić information content (AvgIpc) is 2.40. The molecule has 0 aromatic carbocycles. The summed E-state index contributed by atoms with van der Waals surface area (Å²) >= 11 is 4.94. The third-order valence-electron chi connectivity index (χ3n) is 2.47. The molecule has 5 nitrogen and oxygen atoms in total. The summed E-state index contributed by atoms with van der Waals surface area (Å²) < 4.78 is 0. The zero-order chi connectivity index (χ0) is 13.0. The van der Waals surface area contributed by atoms with Crippen molar-refractivity contribution in [3.8, 4) is 0 Å². The van der Waals surface area contributed by atoms with Crippen LogP contribution in [0.4, 0.5) is 5.82 Å². The van der Waals surface area contributed by atoms with Crippen molar-refractivity contribution in [2.45, 2.75) is 13.0 Å². The van der Waals surface area contributed by atoms with Crippen LogP contribution in [0.25, 0.3) is 0 Å². The van der Waals surface area contributed by atoms with Crippen molar-refractivity contribution in [3.63, 3.8) is 0 Å². The lowest BCUT2D eigenvalue weighted by atomic mass is 10.1. The van der Waals surface area contributed by atoms with E-state index in [2.05, 4.69) is 20.3 Å². The van der Waals surface area contributed by atoms with Gasteiger partial charge in [-0.25, -0.2) is 9.97 Å². The van der Waals surface area contributed by atoms with E-state index < -0.39 is 0 Å². The van der Waals surface area contributed by atoms with Crippen molar-refractivity contribution in [1.82, 2.24) is 15.0 Å². The van der Waals surface area contributed by atoms with Gasteiger partial charge in [0.05, 0.1) is 6.04 Å². The molecule has 1 unspecified atom stereocenters. The number of nitrogens with zero attached hydrogens (tertiary/aromatic N) is 3. The van der Waals surface area contributed by atoms with Gasteiger partial charge in [-0.2, -0.15) is 0 Å². The maximum Gasteiger partial charge on any atom is 0.155 e. The Bertz CT molecular complexity index is 543. The lowest BCUT2D eigenvalue weighted by Crippen LogP contribution is -2.17. The Morgan fingerprint density at radius 1 is 1.33 bits per heavy atom. The fraction of sp³-hybridized carbons (Fsp3) is 0.167. The zero-order valence-electron chi connectivity index (χ0n) is 9.87. The van der Waals surface area contributed by atoms with E-state index in [1.165, 1.54) is 0 Å². The summed E-state index contributed by atoms with van der Waals surface area (Å²) in [5.74, 6) is 0.585. The van der Waals surface area contributed by atoms with Gasteiger partial charge >= 0.3 is 0 Å². The molecule has 2 rings (SSSR count). The van der Waals surface area contributed by atoms with Gasteiger partial charge in [-0.1, -0.05) is 18.3 Å². The van der Waals surface area contributed by atoms with Gasteiger partial charge in [-0.15, -0.1) is 0 Å². The highest BCUT2D eigenvalue weighted by molar-refractivity contribution is 7.80. The molecule has 0 aliphatic heterocycles. The molecule has 0 spiro atoms. The molecule has 0 aliphatic rings. The Morgan fingerprint density at radius 2 is 2.11 bits per heavy atom. The number of thiocarbonyl (C=S) groups is 1. The molecule has 3 N–H and O–H groups in total. The van der Waals surface area contributed by atoms with Gasteiger partial charge in [0.1, 0.15) is 10.7 Å². The van der Waals surface area contributed by atoms with Gasteiger partial charge in [0.15, 0.2) is 5.82 Å². The summed E-state index contributed by atoms with van der Waals surface area (Å²) in [4.78, 5) is 12.6. The number of aromatic nitrogens is 3. The van der Waals surface area contributed by atoms with E-state index in [4.69, 9.17) is 18.0 Å². The first kappa shape index (κ1) is 12.4. The van der Waals surface area contributed by atoms with Crippen molar-refractivity contribution >= 4 is 23.0 Å². The summed E-state index contributed by atoms with van der Waals surface area (Å²) in [5.41, 5.74) is 7.16. The molecule has 6 heteroatoms. The largest absolute Gasteiger partial charge is 0.388 e. The van der Waals surface area contributed by atoms with Crippen LogP contribution in [0.5, 0.6) is 0 Å². The molecular formula is C12H13N5S. The second-order valence-electron chi connectivity index (χ2n) is 3.77. The Balaban J connectivity index is 2.22. The monoisotopic (exact) mass is 259 g/mol. The molecule has 2 aromatic heterocycles. The standard InChI is InChI=1S/C12H13N5S/c1-8(9-3-2-4-14-7-9)17-12-10(11(13)18)15-5-6-16-12/h2-8H,1H3,(H2,13,18)(H,16,17). The minimum Gasteiger partial charge on any atom is -0.388 e. The molecule has 0 saturated heterocycles. The minimum absolute atomic E-state index is 0.0449. The normalized spacial score (nSPS) is 11.8. The van der Waals surface area contributed by atoms with Gasteiger partial charge in [-0.3, -0.25) is 4.98 Å². The SMILES string of the molecule is CC(Nc1nccnc1C(N)=S)c1cccnc1. The molecule has 0 aliphatic carbocycles. The average molecular weight is 259 g/mol. The van der Waals surface area contributed by atoms with Crippen LogP contribution in [0, 0.1) is 0 Å². The molecule has 0 saturated carbocycles. The molecule has 1 atom stereocenters. The van der Waals surface area contributed by atoms with Gasteiger partial charge < -0.3 is 11.1 Å². The Hall–Kier alpha value is -2.08. The van der Waals surface area contributed by atoms with Crippen LogP contribution in [0.3, 0.4) is 0 Å². The molecule has 92 valence electrons. The topological polar surface area (TPSA) is 76.7 Å². The molecule has 2 aromatic rings. The first-order valence-electron chi connectivity index (χ1n) is 5.45. The fourth-order valence-corrected chi connectivity index (χ4v) is 1.69. The first-order chi connectivity index (χ1) is 8.68. The highest BCUT2D eigenvalue weighted by atomic mass is 32.1. The molecule has 0 radical (unpaired) electrons. The molecule has 2 heterocycles. The van der Waals surface area contributed by atoms with E-state index in [1.54, 1.807) is 24.8 Å². The second kappa shape index (κ2) is 5.50. The zero-order valence-corrected chi connectivity index (χ0v) is 10.7. The number of rotatable bonds is 4. The van der Waals surface area contributed by atoms with E-state index in [0.717, 1.165) is 5.56 Å². The van der Waals surface area contributed by atoms with E-state index >= 15 is 0 Å². The first-order valence-corrected chi connectivity index (χ1v) is 5.86. The van der Waals surface area contributed by atoms with E-state index in [-0.39, 0.29) is 11.0 Å². The maximum atomic E-state index is 5.61. The van der Waals surface area contributed by atoms with Gasteiger partial charge in [-0.05, 0) is 18.6 Å². The summed E-state index contributed by atoms with van der Waals surface area (Å²) in [6, 6.07) is 3.92. The number of hydrogen-bond acceptors (Lipinski definition) is 5. The highest BCUT2D eigenvalue weighted by Gasteiger charge is 2.11. The summed E-state index contributed by atoms with van der Waals surface area (Å²) in [5, 5.41) is 3.23. The van der Waals surface area contributed by atoms with Crippen LogP contribution in [-0.4, -0.2) is 19.9 Å². The second-order valence-corrected chi connectivity index (χ2v) is 4.21. The van der Waals surface area contributed by atoms with Crippen LogP contribution in [0.15, 0.2) is 36.9 Å². The quantitative estimate of drug-likeness (QED) is 0.813. The van der Waals surface area contributed by atoms with Gasteiger partial charge in [0.25, 0.3) is 0 Å². The molecule has 0 fully saturated rings. The molecule has 0 amide bonds. The van der Waals surface area contributed by atoms with Crippen LogP contribution >= 0.6 is 12.2 Å². The minimum atomic E-state index is 0.0449. The lowest BCUT2D eigenvalue weighted by molar-refractivity contribution is 0.862. The Morgan fingerprint density at radius 3 is 2.78 bits per heavy atom. The Kier molecular flexibility index (Phi) is 3.78. The van der Waals surface area contributed by atoms with Crippen LogP contribution in [0.2, 0.25) is 0 Å². The van der Waals surface area contributed by atoms with Crippen molar-refractivity contribution in [1.29, 1.82) is 0 Å². The molecule has 18 heavy (non-hydrogen) atoms. The van der Waals surface area contributed by atoms with Crippen LogP contribution < -0.4 is 11.1 Å². The number of nitrogens with two attached hydrogens (primary N) is 1. The number of hydrogen-bond donors (Lipinski definition) is 2. The smallest absolute Gasteiger partial charge is 0.155 e. The van der Waals surface area contributed by atoms with E-state index in [9.17, 15) is 0 Å². The Labute approximate surface area is 110 Å². The van der Waals surface area contributed by atoms with Gasteiger partial charge in [0, 0.05) is 24.8 Å². The van der Waals surface area contributed by atoms with Crippen LogP contribution in [-0.2, 0) is 0 Å². The van der Waals surface area contributed by atoms with Crippen molar-refractivity contribution < 1.29 is 0 Å². The lowest BCUT2D eigenvalue weighted by Gasteiger charge is -2.15. The van der Waals surface area contributed by atoms with Crippen LogP contribution in [0.1, 0.15) is 24.2 Å². The fourth-order valence-electron chi connectivity index (χ4n) is 1.54. The number of anilines is 1. The summed E-state index contributed by atoms with van der Waals surface area (Å²) in [6.07, 6.45) is 6.70. The summed E-state index contributed by atoms with van der Waals surface area (Å²) in [6.45, 7) is 2.01. The van der Waals surface area contributed by atoms with Crippen molar-refractivity contribution in [2.75, 3.05) is 5.32 Å². The predicted molar refractivity (Wildman–Crippen MR) is 74.2 cm³/mol. The number of pyridine rings is 1. The molecule has 0 bridgehead atoms. The highest BCUT2D eigenvalue weighted by Crippen LogP contribution is 2.18. The molecular weight excluding hydrogens is 246 g/mol. The third kappa shape index (κ3) is 2.78. The third-order valence-corrected chi connectivity index (χ3v) is 2.66. The van der Waals surface area contributed by atoms with E-state index in [0.29, 0.717) is 11.5 Å². The predicted octanol–water partition coefficient (Wildman–Crippen LogP) is 1.68.